The van der Waals surface area contributed by atoms with Crippen LogP contribution in [0.15, 0.2) is 162 Å². The van der Waals surface area contributed by atoms with E-state index in [-0.39, 0.29) is 0 Å². The summed E-state index contributed by atoms with van der Waals surface area (Å²) in [7, 11) is 0. The van der Waals surface area contributed by atoms with Crippen molar-refractivity contribution in [1.82, 2.24) is 19.9 Å². The molecule has 11 aromatic rings. The van der Waals surface area contributed by atoms with E-state index in [9.17, 15) is 0 Å². The van der Waals surface area contributed by atoms with Crippen molar-refractivity contribution in [2.75, 3.05) is 0 Å². The molecule has 7 aromatic carbocycles. The standard InChI is InChI=1S/C46H26N4OS2/c1-3-11-28(12-4-1)43-48-44(50-45(49-43)33-17-9-19-37-41(33)32-15-7-8-18-36(32)51-37)29-23-21-27(22-24-29)31-16-10-20-38-42(31)34-25-40-35(26-39(34)52-38)47-46(53-40)30-13-5-2-6-14-30/h1-26H. The Hall–Kier alpha value is -6.54. The molecule has 0 amide bonds. The lowest BCUT2D eigenvalue weighted by Crippen LogP contribution is -2.00. The van der Waals surface area contributed by atoms with Crippen LogP contribution in [-0.4, -0.2) is 19.9 Å². The first-order valence-electron chi connectivity index (χ1n) is 17.4. The second-order valence-electron chi connectivity index (χ2n) is 13.0. The average Bonchev–Trinajstić information content (AvgIpc) is 3.93. The third-order valence-corrected chi connectivity index (χ3v) is 12.0. The lowest BCUT2D eigenvalue weighted by molar-refractivity contribution is 0.669. The number of para-hydroxylation sites is 1. The van der Waals surface area contributed by atoms with Crippen molar-refractivity contribution < 1.29 is 4.42 Å². The van der Waals surface area contributed by atoms with Crippen molar-refractivity contribution in [3.8, 4) is 55.9 Å². The van der Waals surface area contributed by atoms with Crippen LogP contribution in [0.4, 0.5) is 0 Å². The Labute approximate surface area is 311 Å². The highest BCUT2D eigenvalue weighted by atomic mass is 32.1. The third-order valence-electron chi connectivity index (χ3n) is 9.79. The molecule has 5 nitrogen and oxygen atoms in total. The van der Waals surface area contributed by atoms with Crippen molar-refractivity contribution in [2.45, 2.75) is 0 Å². The van der Waals surface area contributed by atoms with Gasteiger partial charge in [-0.25, -0.2) is 19.9 Å². The van der Waals surface area contributed by atoms with Gasteiger partial charge < -0.3 is 4.42 Å². The van der Waals surface area contributed by atoms with Gasteiger partial charge in [0.15, 0.2) is 17.5 Å². The van der Waals surface area contributed by atoms with Crippen LogP contribution in [0, 0.1) is 0 Å². The number of thiazole rings is 1. The predicted octanol–water partition coefficient (Wildman–Crippen LogP) is 13.1. The van der Waals surface area contributed by atoms with Crippen LogP contribution in [0.5, 0.6) is 0 Å². The molecular formula is C46H26N4OS2. The molecule has 0 saturated carbocycles. The van der Waals surface area contributed by atoms with Gasteiger partial charge in [0.25, 0.3) is 0 Å². The maximum Gasteiger partial charge on any atom is 0.164 e. The number of aromatic nitrogens is 4. The van der Waals surface area contributed by atoms with Gasteiger partial charge in [0, 0.05) is 53.2 Å². The fourth-order valence-corrected chi connectivity index (χ4v) is 9.43. The topological polar surface area (TPSA) is 64.7 Å². The molecule has 0 N–H and O–H groups in total. The quantitative estimate of drug-likeness (QED) is 0.178. The Kier molecular flexibility index (Phi) is 6.83. The minimum absolute atomic E-state index is 0.606. The summed E-state index contributed by atoms with van der Waals surface area (Å²) in [6.45, 7) is 0. The Balaban J connectivity index is 1.03. The molecule has 0 fully saturated rings. The van der Waals surface area contributed by atoms with Crippen LogP contribution in [0.1, 0.15) is 0 Å². The summed E-state index contributed by atoms with van der Waals surface area (Å²) >= 11 is 3.57. The Morgan fingerprint density at radius 3 is 1.83 bits per heavy atom. The number of fused-ring (bicyclic) bond motifs is 7. The van der Waals surface area contributed by atoms with Crippen LogP contribution in [0.2, 0.25) is 0 Å². The monoisotopic (exact) mass is 714 g/mol. The first kappa shape index (κ1) is 30.1. The van der Waals surface area contributed by atoms with Crippen molar-refractivity contribution in [3.05, 3.63) is 158 Å². The highest BCUT2D eigenvalue weighted by molar-refractivity contribution is 7.26. The van der Waals surface area contributed by atoms with Gasteiger partial charge in [-0.3, -0.25) is 0 Å². The maximum atomic E-state index is 6.22. The van der Waals surface area contributed by atoms with Gasteiger partial charge >= 0.3 is 0 Å². The summed E-state index contributed by atoms with van der Waals surface area (Å²) in [5.74, 6) is 1.85. The van der Waals surface area contributed by atoms with Crippen molar-refractivity contribution >= 4 is 75.0 Å². The molecule has 7 heteroatoms. The molecule has 4 aromatic heterocycles. The Bertz CT molecular complexity index is 3160. The molecule has 0 unspecified atom stereocenters. The molecule has 0 aliphatic carbocycles. The van der Waals surface area contributed by atoms with Gasteiger partial charge in [0.2, 0.25) is 0 Å². The van der Waals surface area contributed by atoms with Crippen LogP contribution in [0.3, 0.4) is 0 Å². The molecule has 4 heterocycles. The zero-order chi connectivity index (χ0) is 34.9. The van der Waals surface area contributed by atoms with Crippen LogP contribution >= 0.6 is 22.7 Å². The average molecular weight is 715 g/mol. The summed E-state index contributed by atoms with van der Waals surface area (Å²) in [5.41, 5.74) is 8.93. The molecule has 0 saturated heterocycles. The Morgan fingerprint density at radius 2 is 1.02 bits per heavy atom. The highest BCUT2D eigenvalue weighted by Gasteiger charge is 2.19. The van der Waals surface area contributed by atoms with Gasteiger partial charge in [-0.05, 0) is 41.5 Å². The lowest BCUT2D eigenvalue weighted by atomic mass is 9.98. The lowest BCUT2D eigenvalue weighted by Gasteiger charge is -2.10. The number of hydrogen-bond donors (Lipinski definition) is 0. The molecule has 0 bridgehead atoms. The summed E-state index contributed by atoms with van der Waals surface area (Å²) in [5, 5.41) is 5.61. The zero-order valence-corrected chi connectivity index (χ0v) is 29.7. The van der Waals surface area contributed by atoms with E-state index in [1.54, 1.807) is 11.3 Å². The van der Waals surface area contributed by atoms with E-state index in [1.807, 2.05) is 78.1 Å². The van der Waals surface area contributed by atoms with E-state index >= 15 is 0 Å². The van der Waals surface area contributed by atoms with Gasteiger partial charge in [-0.15, -0.1) is 22.7 Å². The SMILES string of the molecule is c1ccc(-c2nc(-c3ccc(-c4cccc5sc6cc7nc(-c8ccccc8)sc7cc6c45)cc3)nc(-c3cccc4oc5ccccc5c34)n2)cc1. The van der Waals surface area contributed by atoms with Gasteiger partial charge in [0.1, 0.15) is 16.2 Å². The molecule has 11 rings (SSSR count). The van der Waals surface area contributed by atoms with E-state index in [4.69, 9.17) is 24.4 Å². The van der Waals surface area contributed by atoms with Crippen molar-refractivity contribution in [3.63, 3.8) is 0 Å². The Morgan fingerprint density at radius 1 is 0.377 bits per heavy atom. The first-order valence-corrected chi connectivity index (χ1v) is 19.0. The number of thiophene rings is 1. The van der Waals surface area contributed by atoms with E-state index in [2.05, 4.69) is 91.0 Å². The van der Waals surface area contributed by atoms with E-state index < -0.39 is 0 Å². The molecule has 0 aliphatic rings. The normalized spacial score (nSPS) is 11.8. The summed E-state index contributed by atoms with van der Waals surface area (Å²) < 4.78 is 9.92. The summed E-state index contributed by atoms with van der Waals surface area (Å²) in [4.78, 5) is 20.2. The fourth-order valence-electron chi connectivity index (χ4n) is 7.29. The highest BCUT2D eigenvalue weighted by Crippen LogP contribution is 2.43. The first-order chi connectivity index (χ1) is 26.2. The number of benzene rings is 7. The largest absolute Gasteiger partial charge is 0.456 e. The van der Waals surface area contributed by atoms with Gasteiger partial charge in [-0.1, -0.05) is 127 Å². The molecule has 0 atom stereocenters. The van der Waals surface area contributed by atoms with Crippen molar-refractivity contribution in [2.24, 2.45) is 0 Å². The van der Waals surface area contributed by atoms with E-state index in [0.717, 1.165) is 60.3 Å². The fraction of sp³-hybridized carbons (Fsp3) is 0. The second kappa shape index (κ2) is 12.0. The van der Waals surface area contributed by atoms with Crippen LogP contribution < -0.4 is 0 Å². The maximum absolute atomic E-state index is 6.22. The predicted molar refractivity (Wildman–Crippen MR) is 220 cm³/mol. The van der Waals surface area contributed by atoms with E-state index in [1.165, 1.54) is 30.4 Å². The second-order valence-corrected chi connectivity index (χ2v) is 15.1. The van der Waals surface area contributed by atoms with Crippen LogP contribution in [0.25, 0.3) is 108 Å². The van der Waals surface area contributed by atoms with Crippen molar-refractivity contribution in [1.29, 1.82) is 0 Å². The smallest absolute Gasteiger partial charge is 0.164 e. The zero-order valence-electron chi connectivity index (χ0n) is 28.0. The number of hydrogen-bond acceptors (Lipinski definition) is 7. The third kappa shape index (κ3) is 5.04. The van der Waals surface area contributed by atoms with Gasteiger partial charge in [-0.2, -0.15) is 0 Å². The minimum Gasteiger partial charge on any atom is -0.456 e. The van der Waals surface area contributed by atoms with E-state index in [0.29, 0.717) is 17.5 Å². The summed E-state index contributed by atoms with van der Waals surface area (Å²) in [6, 6.07) is 54.5. The number of nitrogens with zero attached hydrogens (tertiary/aromatic N) is 4. The minimum atomic E-state index is 0.606. The molecule has 53 heavy (non-hydrogen) atoms. The molecule has 0 spiro atoms. The molecule has 0 aliphatic heterocycles. The van der Waals surface area contributed by atoms with Crippen LogP contribution in [-0.2, 0) is 0 Å². The number of furan rings is 1. The molecule has 0 radical (unpaired) electrons. The summed E-state index contributed by atoms with van der Waals surface area (Å²) in [6.07, 6.45) is 0. The molecule has 248 valence electrons. The molecular weight excluding hydrogens is 689 g/mol. The number of rotatable bonds is 5. The van der Waals surface area contributed by atoms with Gasteiger partial charge in [0.05, 0.1) is 10.2 Å².